The maximum Gasteiger partial charge on any atom is 0.330 e. The standard InChI is InChI=1S/C13H12Cl2N2O3S/c1-2-20-12(19)6-5-11(18)17-13(21)16-8-3-4-9(14)10(15)7-8/h3-7H,2H2,1H3,(H2,16,17,18,21)/b6-5+. The molecule has 0 spiro atoms. The molecule has 0 saturated carbocycles. The molecule has 0 aliphatic heterocycles. The zero-order chi connectivity index (χ0) is 15.8. The summed E-state index contributed by atoms with van der Waals surface area (Å²) in [6.45, 7) is 1.91. The lowest BCUT2D eigenvalue weighted by atomic mass is 10.3. The Morgan fingerprint density at radius 2 is 2.00 bits per heavy atom. The zero-order valence-electron chi connectivity index (χ0n) is 11.0. The molecular weight excluding hydrogens is 335 g/mol. The molecule has 2 N–H and O–H groups in total. The number of esters is 1. The van der Waals surface area contributed by atoms with E-state index in [1.807, 2.05) is 0 Å². The Kier molecular flexibility index (Phi) is 7.14. The second-order valence-electron chi connectivity index (χ2n) is 3.66. The molecule has 0 unspecified atom stereocenters. The van der Waals surface area contributed by atoms with E-state index in [2.05, 4.69) is 15.4 Å². The summed E-state index contributed by atoms with van der Waals surface area (Å²) in [6, 6.07) is 4.81. The van der Waals surface area contributed by atoms with Crippen molar-refractivity contribution in [2.24, 2.45) is 0 Å². The van der Waals surface area contributed by atoms with Crippen LogP contribution in [0.25, 0.3) is 0 Å². The Hall–Kier alpha value is -1.63. The summed E-state index contributed by atoms with van der Waals surface area (Å²) in [5, 5.41) is 5.96. The number of amides is 1. The maximum absolute atomic E-state index is 11.5. The predicted molar refractivity (Wildman–Crippen MR) is 86.6 cm³/mol. The van der Waals surface area contributed by atoms with Crippen molar-refractivity contribution in [2.75, 3.05) is 11.9 Å². The molecule has 8 heteroatoms. The number of rotatable bonds is 4. The number of nitrogens with one attached hydrogen (secondary N) is 2. The summed E-state index contributed by atoms with van der Waals surface area (Å²) in [7, 11) is 0. The Balaban J connectivity index is 2.51. The molecular formula is C13H12Cl2N2O3S. The van der Waals surface area contributed by atoms with Crippen molar-refractivity contribution in [1.29, 1.82) is 0 Å². The summed E-state index contributed by atoms with van der Waals surface area (Å²) >= 11 is 16.6. The molecule has 0 aliphatic rings. The first-order chi connectivity index (χ1) is 9.92. The van der Waals surface area contributed by atoms with Gasteiger partial charge in [0.05, 0.1) is 16.7 Å². The van der Waals surface area contributed by atoms with Crippen LogP contribution in [0.5, 0.6) is 0 Å². The Morgan fingerprint density at radius 1 is 1.29 bits per heavy atom. The second-order valence-corrected chi connectivity index (χ2v) is 4.88. The molecule has 5 nitrogen and oxygen atoms in total. The summed E-state index contributed by atoms with van der Waals surface area (Å²) in [5.74, 6) is -1.16. The van der Waals surface area contributed by atoms with E-state index >= 15 is 0 Å². The lowest BCUT2D eigenvalue weighted by Gasteiger charge is -2.08. The molecule has 0 radical (unpaired) electrons. The van der Waals surface area contributed by atoms with Crippen LogP contribution < -0.4 is 10.6 Å². The van der Waals surface area contributed by atoms with E-state index in [0.29, 0.717) is 15.7 Å². The Morgan fingerprint density at radius 3 is 2.62 bits per heavy atom. The normalized spacial score (nSPS) is 10.2. The van der Waals surface area contributed by atoms with Gasteiger partial charge in [-0.2, -0.15) is 0 Å². The van der Waals surface area contributed by atoms with Crippen LogP contribution in [0.4, 0.5) is 5.69 Å². The highest BCUT2D eigenvalue weighted by atomic mass is 35.5. The quantitative estimate of drug-likeness (QED) is 0.498. The van der Waals surface area contributed by atoms with Crippen molar-refractivity contribution in [2.45, 2.75) is 6.92 Å². The molecule has 0 fully saturated rings. The van der Waals surface area contributed by atoms with E-state index in [-0.39, 0.29) is 11.7 Å². The minimum absolute atomic E-state index is 0.0619. The highest BCUT2D eigenvalue weighted by Gasteiger charge is 2.04. The largest absolute Gasteiger partial charge is 0.463 e. The molecule has 1 rings (SSSR count). The average Bonchev–Trinajstić information content (AvgIpc) is 2.41. The number of benzene rings is 1. The fourth-order valence-electron chi connectivity index (χ4n) is 1.22. The average molecular weight is 347 g/mol. The monoisotopic (exact) mass is 346 g/mol. The van der Waals surface area contributed by atoms with Gasteiger partial charge in [-0.25, -0.2) is 4.79 Å². The molecule has 0 bridgehead atoms. The van der Waals surface area contributed by atoms with Crippen LogP contribution in [-0.2, 0) is 14.3 Å². The van der Waals surface area contributed by atoms with Gasteiger partial charge in [-0.3, -0.25) is 10.1 Å². The van der Waals surface area contributed by atoms with E-state index in [1.54, 1.807) is 25.1 Å². The number of carbonyl (C=O) groups is 2. The summed E-state index contributed by atoms with van der Waals surface area (Å²) in [6.07, 6.45) is 2.04. The third-order valence-electron chi connectivity index (χ3n) is 2.07. The van der Waals surface area contributed by atoms with Crippen molar-refractivity contribution in [3.63, 3.8) is 0 Å². The lowest BCUT2D eigenvalue weighted by Crippen LogP contribution is -2.33. The first-order valence-corrected chi connectivity index (χ1v) is 7.00. The summed E-state index contributed by atoms with van der Waals surface area (Å²) in [5.41, 5.74) is 0.573. The van der Waals surface area contributed by atoms with Crippen molar-refractivity contribution in [3.8, 4) is 0 Å². The van der Waals surface area contributed by atoms with Gasteiger partial charge in [-0.05, 0) is 37.3 Å². The molecule has 0 saturated heterocycles. The van der Waals surface area contributed by atoms with E-state index in [9.17, 15) is 9.59 Å². The van der Waals surface area contributed by atoms with Crippen LogP contribution in [-0.4, -0.2) is 23.6 Å². The molecule has 0 aromatic heterocycles. The van der Waals surface area contributed by atoms with Gasteiger partial charge in [0, 0.05) is 17.8 Å². The summed E-state index contributed by atoms with van der Waals surface area (Å²) < 4.78 is 4.64. The smallest absolute Gasteiger partial charge is 0.330 e. The third-order valence-corrected chi connectivity index (χ3v) is 3.01. The lowest BCUT2D eigenvalue weighted by molar-refractivity contribution is -0.137. The van der Waals surface area contributed by atoms with Gasteiger partial charge >= 0.3 is 5.97 Å². The molecule has 1 aromatic rings. The Bertz CT molecular complexity index is 591. The maximum atomic E-state index is 11.5. The minimum Gasteiger partial charge on any atom is -0.463 e. The van der Waals surface area contributed by atoms with E-state index < -0.39 is 11.9 Å². The fraction of sp³-hybridized carbons (Fsp3) is 0.154. The van der Waals surface area contributed by atoms with Gasteiger partial charge in [0.15, 0.2) is 5.11 Å². The molecule has 21 heavy (non-hydrogen) atoms. The minimum atomic E-state index is -0.601. The molecule has 0 heterocycles. The van der Waals surface area contributed by atoms with Crippen molar-refractivity contribution in [3.05, 3.63) is 40.4 Å². The van der Waals surface area contributed by atoms with Gasteiger partial charge in [-0.1, -0.05) is 23.2 Å². The fourth-order valence-corrected chi connectivity index (χ4v) is 1.74. The SMILES string of the molecule is CCOC(=O)/C=C/C(=O)NC(=S)Nc1ccc(Cl)c(Cl)c1. The predicted octanol–water partition coefficient (Wildman–Crippen LogP) is 2.93. The first-order valence-electron chi connectivity index (χ1n) is 5.84. The van der Waals surface area contributed by atoms with Crippen LogP contribution in [0.2, 0.25) is 10.0 Å². The first kappa shape index (κ1) is 17.4. The van der Waals surface area contributed by atoms with Gasteiger partial charge < -0.3 is 10.1 Å². The van der Waals surface area contributed by atoms with Crippen LogP contribution >= 0.6 is 35.4 Å². The number of thiocarbonyl (C=S) groups is 1. The number of ether oxygens (including phenoxy) is 1. The van der Waals surface area contributed by atoms with Crippen molar-refractivity contribution < 1.29 is 14.3 Å². The van der Waals surface area contributed by atoms with Gasteiger partial charge in [-0.15, -0.1) is 0 Å². The number of hydrogen-bond acceptors (Lipinski definition) is 4. The number of hydrogen-bond donors (Lipinski definition) is 2. The van der Waals surface area contributed by atoms with E-state index in [4.69, 9.17) is 35.4 Å². The second kappa shape index (κ2) is 8.61. The third kappa shape index (κ3) is 6.57. The van der Waals surface area contributed by atoms with Crippen LogP contribution in [0.1, 0.15) is 6.92 Å². The van der Waals surface area contributed by atoms with E-state index in [1.165, 1.54) is 0 Å². The van der Waals surface area contributed by atoms with Gasteiger partial charge in [0.1, 0.15) is 0 Å². The van der Waals surface area contributed by atoms with E-state index in [0.717, 1.165) is 12.2 Å². The van der Waals surface area contributed by atoms with Crippen LogP contribution in [0, 0.1) is 0 Å². The van der Waals surface area contributed by atoms with Crippen molar-refractivity contribution >= 4 is 58.1 Å². The molecule has 1 aromatic carbocycles. The Labute approximate surface area is 137 Å². The molecule has 0 atom stereocenters. The number of halogens is 2. The van der Waals surface area contributed by atoms with Crippen LogP contribution in [0.3, 0.4) is 0 Å². The zero-order valence-corrected chi connectivity index (χ0v) is 13.3. The number of anilines is 1. The molecule has 0 aliphatic carbocycles. The molecule has 112 valence electrons. The van der Waals surface area contributed by atoms with Gasteiger partial charge in [0.25, 0.3) is 0 Å². The topological polar surface area (TPSA) is 67.4 Å². The van der Waals surface area contributed by atoms with Crippen molar-refractivity contribution in [1.82, 2.24) is 5.32 Å². The highest BCUT2D eigenvalue weighted by molar-refractivity contribution is 7.80. The van der Waals surface area contributed by atoms with Gasteiger partial charge in [0.2, 0.25) is 5.91 Å². The molecule has 1 amide bonds. The van der Waals surface area contributed by atoms with Crippen LogP contribution in [0.15, 0.2) is 30.4 Å². The summed E-state index contributed by atoms with van der Waals surface area (Å²) in [4.78, 5) is 22.5. The number of carbonyl (C=O) groups excluding carboxylic acids is 2. The highest BCUT2D eigenvalue weighted by Crippen LogP contribution is 2.24.